The molecular formula is C9H8F3NO4. The van der Waals surface area contributed by atoms with Crippen LogP contribution in [0.2, 0.25) is 0 Å². The van der Waals surface area contributed by atoms with Gasteiger partial charge in [0.05, 0.1) is 11.0 Å². The number of nitro groups is 1. The van der Waals surface area contributed by atoms with Crippen LogP contribution in [0, 0.1) is 10.1 Å². The fourth-order valence-corrected chi connectivity index (χ4v) is 1.33. The van der Waals surface area contributed by atoms with Crippen LogP contribution in [-0.2, 0) is 4.74 Å². The van der Waals surface area contributed by atoms with Crippen molar-refractivity contribution >= 4 is 5.69 Å². The molecule has 1 aromatic rings. The Hall–Kier alpha value is -1.83. The molecule has 0 amide bonds. The molecule has 0 aromatic heterocycles. The van der Waals surface area contributed by atoms with Crippen LogP contribution in [0.25, 0.3) is 0 Å². The molecular weight excluding hydrogens is 245 g/mol. The number of non-ortho nitro benzene ring substituents is 1. The number of methoxy groups -OCH3 is 1. The minimum absolute atomic E-state index is 0.522. The van der Waals surface area contributed by atoms with Crippen molar-refractivity contribution in [3.8, 4) is 5.75 Å². The Labute approximate surface area is 93.6 Å². The maximum atomic E-state index is 12.5. The standard InChI is InChI=1S/C9H8F3NO4/c1-17-8(9(10,11)12)5-2-6(13(15)16)4-7(14)3-5/h2-4,8,14H,1H3/i14+2. The van der Waals surface area contributed by atoms with Gasteiger partial charge < -0.3 is 9.84 Å². The second-order valence-electron chi connectivity index (χ2n) is 3.20. The number of rotatable bonds is 3. The average molecular weight is 253 g/mol. The van der Waals surface area contributed by atoms with Crippen molar-refractivity contribution in [1.82, 2.24) is 0 Å². The summed E-state index contributed by atoms with van der Waals surface area (Å²) in [5.74, 6) is -0.625. The van der Waals surface area contributed by atoms with Gasteiger partial charge in [-0.3, -0.25) is 10.1 Å². The highest BCUT2D eigenvalue weighted by molar-refractivity contribution is 5.43. The van der Waals surface area contributed by atoms with Gasteiger partial charge in [0.25, 0.3) is 5.69 Å². The smallest absolute Gasteiger partial charge is 0.418 e. The molecule has 0 aliphatic rings. The van der Waals surface area contributed by atoms with E-state index in [1.807, 2.05) is 0 Å². The van der Waals surface area contributed by atoms with Crippen molar-refractivity contribution in [3.05, 3.63) is 33.9 Å². The molecule has 0 fully saturated rings. The molecule has 94 valence electrons. The number of nitro benzene ring substituents is 1. The SMILES string of the molecule is COC(c1cc([18OH])cc([N+](=O)[O-])c1)C(F)(F)F. The topological polar surface area (TPSA) is 72.6 Å². The highest BCUT2D eigenvalue weighted by atomic mass is 19.4. The van der Waals surface area contributed by atoms with E-state index < -0.39 is 34.2 Å². The molecule has 1 atom stereocenters. The van der Waals surface area contributed by atoms with E-state index in [0.717, 1.165) is 19.2 Å². The molecule has 0 radical (unpaired) electrons. The summed E-state index contributed by atoms with van der Waals surface area (Å²) in [5, 5.41) is 19.6. The van der Waals surface area contributed by atoms with Gasteiger partial charge in [-0.2, -0.15) is 13.2 Å². The largest absolute Gasteiger partial charge is 0.508 e. The Balaban J connectivity index is 3.25. The molecule has 0 heterocycles. The first kappa shape index (κ1) is 13.2. The van der Waals surface area contributed by atoms with Crippen molar-refractivity contribution < 1.29 is 27.9 Å². The number of benzene rings is 1. The molecule has 5 nitrogen and oxygen atoms in total. The van der Waals surface area contributed by atoms with Crippen LogP contribution < -0.4 is 0 Å². The van der Waals surface area contributed by atoms with Gasteiger partial charge >= 0.3 is 6.18 Å². The van der Waals surface area contributed by atoms with E-state index in [-0.39, 0.29) is 0 Å². The van der Waals surface area contributed by atoms with Crippen LogP contribution in [0.5, 0.6) is 5.75 Å². The Morgan fingerprint density at radius 2 is 2.00 bits per heavy atom. The molecule has 1 aromatic carbocycles. The molecule has 1 unspecified atom stereocenters. The normalized spacial score (nSPS) is 13.4. The average Bonchev–Trinajstić information content (AvgIpc) is 2.15. The van der Waals surface area contributed by atoms with Gasteiger partial charge in [-0.05, 0) is 6.07 Å². The van der Waals surface area contributed by atoms with Crippen LogP contribution in [0.3, 0.4) is 0 Å². The lowest BCUT2D eigenvalue weighted by Crippen LogP contribution is -2.22. The van der Waals surface area contributed by atoms with E-state index in [2.05, 4.69) is 4.74 Å². The number of phenolic OH excluding ortho intramolecular Hbond substituents is 1. The first-order chi connectivity index (χ1) is 7.75. The monoisotopic (exact) mass is 253 g/mol. The third kappa shape index (κ3) is 3.06. The highest BCUT2D eigenvalue weighted by Crippen LogP contribution is 2.37. The third-order valence-electron chi connectivity index (χ3n) is 1.97. The fourth-order valence-electron chi connectivity index (χ4n) is 1.33. The van der Waals surface area contributed by atoms with E-state index in [9.17, 15) is 23.3 Å². The lowest BCUT2D eigenvalue weighted by atomic mass is 10.1. The fraction of sp³-hybridized carbons (Fsp3) is 0.333. The zero-order chi connectivity index (χ0) is 13.2. The van der Waals surface area contributed by atoms with E-state index >= 15 is 0 Å². The molecule has 0 aliphatic heterocycles. The lowest BCUT2D eigenvalue weighted by Gasteiger charge is -2.18. The molecule has 0 bridgehead atoms. The first-order valence-electron chi connectivity index (χ1n) is 4.33. The quantitative estimate of drug-likeness (QED) is 0.510. The van der Waals surface area contributed by atoms with Crippen molar-refractivity contribution in [1.29, 1.82) is 0 Å². The minimum atomic E-state index is -4.71. The van der Waals surface area contributed by atoms with Crippen LogP contribution in [-0.4, -0.2) is 23.3 Å². The Bertz CT molecular complexity index is 433. The van der Waals surface area contributed by atoms with Gasteiger partial charge in [-0.1, -0.05) is 0 Å². The second kappa shape index (κ2) is 4.58. The molecule has 1 rings (SSSR count). The molecule has 0 saturated carbocycles. The Morgan fingerprint density at radius 3 is 2.41 bits per heavy atom. The molecule has 1 N–H and O–H groups in total. The predicted octanol–water partition coefficient (Wildman–Crippen LogP) is 2.55. The number of alkyl halides is 3. The summed E-state index contributed by atoms with van der Waals surface area (Å²) in [5.41, 5.74) is -1.15. The summed E-state index contributed by atoms with van der Waals surface area (Å²) in [6.45, 7) is 0. The van der Waals surface area contributed by atoms with E-state index in [0.29, 0.717) is 6.07 Å². The van der Waals surface area contributed by atoms with Gasteiger partial charge in [0.15, 0.2) is 6.10 Å². The Kier molecular flexibility index (Phi) is 3.56. The molecule has 0 aliphatic carbocycles. The van der Waals surface area contributed by atoms with Gasteiger partial charge in [0.1, 0.15) is 5.75 Å². The number of phenols is 1. The zero-order valence-corrected chi connectivity index (χ0v) is 8.56. The third-order valence-corrected chi connectivity index (χ3v) is 1.97. The van der Waals surface area contributed by atoms with Crippen molar-refractivity contribution in [2.75, 3.05) is 7.11 Å². The summed E-state index contributed by atoms with van der Waals surface area (Å²) in [7, 11) is 0.827. The summed E-state index contributed by atoms with van der Waals surface area (Å²) in [4.78, 5) is 9.54. The van der Waals surface area contributed by atoms with E-state index in [4.69, 9.17) is 5.11 Å². The highest BCUT2D eigenvalue weighted by Gasteiger charge is 2.41. The van der Waals surface area contributed by atoms with E-state index in [1.54, 1.807) is 0 Å². The Morgan fingerprint density at radius 1 is 1.41 bits per heavy atom. The molecule has 0 spiro atoms. The number of nitrogens with zero attached hydrogens (tertiary/aromatic N) is 1. The maximum Gasteiger partial charge on any atom is 0.418 e. The minimum Gasteiger partial charge on any atom is -0.508 e. The van der Waals surface area contributed by atoms with Gasteiger partial charge in [0, 0.05) is 18.7 Å². The van der Waals surface area contributed by atoms with Crippen LogP contribution in [0.4, 0.5) is 18.9 Å². The lowest BCUT2D eigenvalue weighted by molar-refractivity contribution is -0.385. The van der Waals surface area contributed by atoms with E-state index in [1.165, 1.54) is 0 Å². The van der Waals surface area contributed by atoms with Crippen LogP contribution >= 0.6 is 0 Å². The molecule has 17 heavy (non-hydrogen) atoms. The number of ether oxygens (including phenoxy) is 1. The number of hydrogen-bond donors (Lipinski definition) is 1. The summed E-state index contributed by atoms with van der Waals surface area (Å²) in [6.07, 6.45) is -7.02. The maximum absolute atomic E-state index is 12.5. The van der Waals surface area contributed by atoms with Gasteiger partial charge in [-0.25, -0.2) is 0 Å². The summed E-state index contributed by atoms with van der Waals surface area (Å²) < 4.78 is 41.7. The van der Waals surface area contributed by atoms with Crippen LogP contribution in [0.15, 0.2) is 18.2 Å². The number of aromatic hydroxyl groups is 1. The van der Waals surface area contributed by atoms with Gasteiger partial charge in [0.2, 0.25) is 0 Å². The van der Waals surface area contributed by atoms with Crippen molar-refractivity contribution in [2.45, 2.75) is 12.3 Å². The molecule has 8 heteroatoms. The zero-order valence-electron chi connectivity index (χ0n) is 8.56. The first-order valence-corrected chi connectivity index (χ1v) is 4.33. The van der Waals surface area contributed by atoms with Crippen LogP contribution in [0.1, 0.15) is 11.7 Å². The predicted molar refractivity (Wildman–Crippen MR) is 50.6 cm³/mol. The number of halogens is 3. The summed E-state index contributed by atoms with van der Waals surface area (Å²) >= 11 is 0. The molecule has 0 saturated heterocycles. The summed E-state index contributed by atoms with van der Waals surface area (Å²) in [6, 6.07) is 2.24. The van der Waals surface area contributed by atoms with Crippen molar-refractivity contribution in [3.63, 3.8) is 0 Å². The van der Waals surface area contributed by atoms with Gasteiger partial charge in [-0.15, -0.1) is 0 Å². The van der Waals surface area contributed by atoms with Crippen molar-refractivity contribution in [2.24, 2.45) is 0 Å². The number of hydrogen-bond acceptors (Lipinski definition) is 4. The second-order valence-corrected chi connectivity index (χ2v) is 3.20.